The summed E-state index contributed by atoms with van der Waals surface area (Å²) in [5, 5.41) is 0. The fourth-order valence-corrected chi connectivity index (χ4v) is 6.77. The maximum atomic E-state index is 11.1. The molecule has 2 aliphatic rings. The van der Waals surface area contributed by atoms with Crippen LogP contribution < -0.4 is 0 Å². The van der Waals surface area contributed by atoms with E-state index in [1.807, 2.05) is 0 Å². The number of carbonyl (C=O) groups excluding carboxylic acids is 2. The van der Waals surface area contributed by atoms with E-state index in [0.29, 0.717) is 24.6 Å². The van der Waals surface area contributed by atoms with Gasteiger partial charge in [0.05, 0.1) is 0 Å². The SMILES string of the molecule is CC(=O)OC1CCCC1[Se]C1CCCC1OC(C)=O. The van der Waals surface area contributed by atoms with Crippen LogP contribution in [0.25, 0.3) is 0 Å². The van der Waals surface area contributed by atoms with Crippen molar-refractivity contribution < 1.29 is 19.1 Å². The molecule has 108 valence electrons. The van der Waals surface area contributed by atoms with E-state index in [1.165, 1.54) is 13.8 Å². The van der Waals surface area contributed by atoms with E-state index in [-0.39, 0.29) is 24.1 Å². The molecule has 0 aromatic rings. The van der Waals surface area contributed by atoms with Crippen molar-refractivity contribution in [2.24, 2.45) is 0 Å². The van der Waals surface area contributed by atoms with Gasteiger partial charge in [-0.25, -0.2) is 0 Å². The molecule has 0 aliphatic heterocycles. The third-order valence-electron chi connectivity index (χ3n) is 3.77. The van der Waals surface area contributed by atoms with Gasteiger partial charge in [-0.3, -0.25) is 0 Å². The van der Waals surface area contributed by atoms with Gasteiger partial charge in [-0.05, 0) is 0 Å². The second-order valence-corrected chi connectivity index (χ2v) is 8.48. The number of esters is 2. The maximum absolute atomic E-state index is 11.1. The monoisotopic (exact) mass is 334 g/mol. The molecule has 0 heterocycles. The molecule has 2 aliphatic carbocycles. The Morgan fingerprint density at radius 1 is 0.842 bits per heavy atom. The van der Waals surface area contributed by atoms with Gasteiger partial charge < -0.3 is 0 Å². The van der Waals surface area contributed by atoms with Crippen LogP contribution in [0.2, 0.25) is 9.63 Å². The van der Waals surface area contributed by atoms with Crippen molar-refractivity contribution in [3.05, 3.63) is 0 Å². The first-order chi connectivity index (χ1) is 9.06. The Morgan fingerprint density at radius 3 is 1.63 bits per heavy atom. The molecule has 2 fully saturated rings. The van der Waals surface area contributed by atoms with Crippen molar-refractivity contribution in [3.8, 4) is 0 Å². The van der Waals surface area contributed by atoms with Crippen LogP contribution in [0.1, 0.15) is 52.4 Å². The zero-order chi connectivity index (χ0) is 13.8. The fraction of sp³-hybridized carbons (Fsp3) is 0.857. The van der Waals surface area contributed by atoms with E-state index in [4.69, 9.17) is 9.47 Å². The molecule has 2 saturated carbocycles. The molecule has 2 rings (SSSR count). The summed E-state index contributed by atoms with van der Waals surface area (Å²) in [6.07, 6.45) is 6.81. The summed E-state index contributed by atoms with van der Waals surface area (Å²) < 4.78 is 10.8. The average molecular weight is 333 g/mol. The van der Waals surface area contributed by atoms with Gasteiger partial charge in [-0.2, -0.15) is 0 Å². The van der Waals surface area contributed by atoms with Crippen molar-refractivity contribution in [1.29, 1.82) is 0 Å². The molecule has 19 heavy (non-hydrogen) atoms. The average Bonchev–Trinajstić information content (AvgIpc) is 2.89. The third kappa shape index (κ3) is 4.22. The van der Waals surface area contributed by atoms with Crippen molar-refractivity contribution in [2.75, 3.05) is 0 Å². The van der Waals surface area contributed by atoms with Crippen LogP contribution in [0.4, 0.5) is 0 Å². The van der Waals surface area contributed by atoms with E-state index in [2.05, 4.69) is 0 Å². The molecule has 0 radical (unpaired) electrons. The summed E-state index contributed by atoms with van der Waals surface area (Å²) in [5.41, 5.74) is 0. The van der Waals surface area contributed by atoms with Crippen molar-refractivity contribution in [1.82, 2.24) is 0 Å². The fourth-order valence-electron chi connectivity index (χ4n) is 3.02. The molecule has 0 aromatic heterocycles. The number of hydrogen-bond donors (Lipinski definition) is 0. The Bertz CT molecular complexity index is 312. The minimum absolute atomic E-state index is 0.107. The van der Waals surface area contributed by atoms with Crippen molar-refractivity contribution in [3.63, 3.8) is 0 Å². The summed E-state index contributed by atoms with van der Waals surface area (Å²) in [4.78, 5) is 23.2. The predicted octanol–water partition coefficient (Wildman–Crippen LogP) is 2.50. The molecule has 0 saturated heterocycles. The molecule has 4 unspecified atom stereocenters. The molecule has 0 spiro atoms. The second-order valence-electron chi connectivity index (χ2n) is 5.37. The zero-order valence-electron chi connectivity index (χ0n) is 11.6. The van der Waals surface area contributed by atoms with Crippen LogP contribution in [-0.2, 0) is 19.1 Å². The third-order valence-corrected chi connectivity index (χ3v) is 7.50. The molecule has 0 amide bonds. The predicted molar refractivity (Wildman–Crippen MR) is 72.1 cm³/mol. The molecule has 0 aromatic carbocycles. The first-order valence-electron chi connectivity index (χ1n) is 7.06. The summed E-state index contributed by atoms with van der Waals surface area (Å²) in [5.74, 6) is -0.341. The van der Waals surface area contributed by atoms with Crippen LogP contribution >= 0.6 is 0 Å². The van der Waals surface area contributed by atoms with Gasteiger partial charge in [0.15, 0.2) is 0 Å². The summed E-state index contributed by atoms with van der Waals surface area (Å²) in [7, 11) is 0. The summed E-state index contributed by atoms with van der Waals surface area (Å²) in [6, 6.07) is 0. The van der Waals surface area contributed by atoms with E-state index in [9.17, 15) is 9.59 Å². The topological polar surface area (TPSA) is 52.6 Å². The van der Waals surface area contributed by atoms with Crippen LogP contribution in [0, 0.1) is 0 Å². The Kier molecular flexibility index (Phi) is 5.28. The first kappa shape index (κ1) is 14.9. The quantitative estimate of drug-likeness (QED) is 0.586. The van der Waals surface area contributed by atoms with Crippen LogP contribution in [0.5, 0.6) is 0 Å². The van der Waals surface area contributed by atoms with Gasteiger partial charge in [0.1, 0.15) is 0 Å². The van der Waals surface area contributed by atoms with Crippen LogP contribution in [0.3, 0.4) is 0 Å². The number of carbonyl (C=O) groups is 2. The van der Waals surface area contributed by atoms with E-state index in [1.54, 1.807) is 0 Å². The van der Waals surface area contributed by atoms with Crippen LogP contribution in [0.15, 0.2) is 0 Å². The first-order valence-corrected chi connectivity index (χ1v) is 9.04. The van der Waals surface area contributed by atoms with E-state index >= 15 is 0 Å². The standard InChI is InChI=1S/C14H22O4Se/c1-9(15)17-11-5-3-7-13(11)19-14-8-4-6-12(14)18-10(2)16/h11-14H,3-8H2,1-2H3. The molecular formula is C14H22O4Se. The van der Waals surface area contributed by atoms with Gasteiger partial charge in [-0.1, -0.05) is 0 Å². The van der Waals surface area contributed by atoms with Gasteiger partial charge in [0.25, 0.3) is 0 Å². The van der Waals surface area contributed by atoms with Crippen LogP contribution in [-0.4, -0.2) is 39.1 Å². The Balaban J connectivity index is 1.88. The minimum atomic E-state index is -0.171. The van der Waals surface area contributed by atoms with Gasteiger partial charge in [0.2, 0.25) is 0 Å². The molecule has 4 nitrogen and oxygen atoms in total. The summed E-state index contributed by atoms with van der Waals surface area (Å²) in [6.45, 7) is 2.97. The molecule has 4 atom stereocenters. The zero-order valence-corrected chi connectivity index (χ0v) is 13.3. The normalized spacial score (nSPS) is 34.2. The Labute approximate surface area is 120 Å². The van der Waals surface area contributed by atoms with Crippen molar-refractivity contribution in [2.45, 2.75) is 74.2 Å². The Hall–Kier alpha value is -0.541. The number of hydrogen-bond acceptors (Lipinski definition) is 4. The molecule has 0 bridgehead atoms. The Morgan fingerprint density at radius 2 is 1.26 bits per heavy atom. The second kappa shape index (κ2) is 6.76. The number of ether oxygens (including phenoxy) is 2. The molecular weight excluding hydrogens is 311 g/mol. The van der Waals surface area contributed by atoms with Gasteiger partial charge in [0, 0.05) is 0 Å². The summed E-state index contributed by atoms with van der Waals surface area (Å²) >= 11 is 0.396. The van der Waals surface area contributed by atoms with Crippen molar-refractivity contribution >= 4 is 26.9 Å². The van der Waals surface area contributed by atoms with E-state index in [0.717, 1.165) is 38.5 Å². The van der Waals surface area contributed by atoms with Gasteiger partial charge in [-0.15, -0.1) is 0 Å². The van der Waals surface area contributed by atoms with Gasteiger partial charge >= 0.3 is 120 Å². The van der Waals surface area contributed by atoms with E-state index < -0.39 is 0 Å². The number of rotatable bonds is 4. The molecule has 5 heteroatoms. The molecule has 0 N–H and O–H groups in total.